The number of H-pyrrole nitrogens is 1. The van der Waals surface area contributed by atoms with Gasteiger partial charge < -0.3 is 20.8 Å². The van der Waals surface area contributed by atoms with Gasteiger partial charge in [0.1, 0.15) is 5.75 Å². The fraction of sp³-hybridized carbons (Fsp3) is 0.467. The van der Waals surface area contributed by atoms with Crippen LogP contribution in [0.3, 0.4) is 0 Å². The summed E-state index contributed by atoms with van der Waals surface area (Å²) in [5.41, 5.74) is 8.03. The standard InChI is InChI=1S/C15H23N3O/c1-3-12(17-7-6-16)8-11-10-18-15-5-4-13(19-2)9-14(11)15/h4-5,9-10,12,17-18H,3,6-8,16H2,1-2H3. The number of aromatic amines is 1. The van der Waals surface area contributed by atoms with Crippen LogP contribution < -0.4 is 15.8 Å². The highest BCUT2D eigenvalue weighted by molar-refractivity contribution is 5.84. The second kappa shape index (κ2) is 6.59. The minimum absolute atomic E-state index is 0.466. The van der Waals surface area contributed by atoms with E-state index in [0.29, 0.717) is 12.6 Å². The molecule has 0 amide bonds. The largest absolute Gasteiger partial charge is 0.497 e. The molecule has 1 aromatic carbocycles. The number of fused-ring (bicyclic) bond motifs is 1. The number of hydrogen-bond acceptors (Lipinski definition) is 3. The van der Waals surface area contributed by atoms with E-state index in [4.69, 9.17) is 10.5 Å². The molecule has 1 atom stereocenters. The first-order valence-electron chi connectivity index (χ1n) is 6.86. The van der Waals surface area contributed by atoms with Crippen molar-refractivity contribution in [2.45, 2.75) is 25.8 Å². The van der Waals surface area contributed by atoms with Crippen molar-refractivity contribution in [3.05, 3.63) is 30.0 Å². The third-order valence-corrected chi connectivity index (χ3v) is 3.51. The summed E-state index contributed by atoms with van der Waals surface area (Å²) in [5.74, 6) is 0.899. The fourth-order valence-corrected chi connectivity index (χ4v) is 2.37. The summed E-state index contributed by atoms with van der Waals surface area (Å²) in [5, 5.41) is 4.72. The van der Waals surface area contributed by atoms with Gasteiger partial charge in [-0.25, -0.2) is 0 Å². The van der Waals surface area contributed by atoms with Gasteiger partial charge in [0.25, 0.3) is 0 Å². The lowest BCUT2D eigenvalue weighted by molar-refractivity contribution is 0.415. The summed E-state index contributed by atoms with van der Waals surface area (Å²) in [4.78, 5) is 3.32. The fourth-order valence-electron chi connectivity index (χ4n) is 2.37. The third kappa shape index (κ3) is 3.28. The van der Waals surface area contributed by atoms with Crippen LogP contribution in [0.4, 0.5) is 0 Å². The zero-order chi connectivity index (χ0) is 13.7. The Bertz CT molecular complexity index is 521. The van der Waals surface area contributed by atoms with Crippen LogP contribution in [0, 0.1) is 0 Å². The molecule has 0 spiro atoms. The minimum Gasteiger partial charge on any atom is -0.497 e. The molecule has 0 saturated heterocycles. The summed E-state index contributed by atoms with van der Waals surface area (Å²) in [6.07, 6.45) is 4.19. The number of ether oxygens (including phenoxy) is 1. The normalized spacial score (nSPS) is 12.8. The quantitative estimate of drug-likeness (QED) is 0.715. The molecule has 4 N–H and O–H groups in total. The SMILES string of the molecule is CCC(Cc1c[nH]c2ccc(OC)cc12)NCCN. The lowest BCUT2D eigenvalue weighted by Gasteiger charge is -2.16. The van der Waals surface area contributed by atoms with Crippen molar-refractivity contribution >= 4 is 10.9 Å². The Balaban J connectivity index is 2.19. The van der Waals surface area contributed by atoms with Crippen LogP contribution in [-0.2, 0) is 6.42 Å². The highest BCUT2D eigenvalue weighted by Crippen LogP contribution is 2.24. The molecule has 0 radical (unpaired) electrons. The number of nitrogens with one attached hydrogen (secondary N) is 2. The average molecular weight is 261 g/mol. The number of methoxy groups -OCH3 is 1. The monoisotopic (exact) mass is 261 g/mol. The zero-order valence-corrected chi connectivity index (χ0v) is 11.7. The molecule has 1 heterocycles. The van der Waals surface area contributed by atoms with Gasteiger partial charge >= 0.3 is 0 Å². The molecule has 104 valence electrons. The van der Waals surface area contributed by atoms with E-state index in [9.17, 15) is 0 Å². The molecule has 0 aliphatic carbocycles. The topological polar surface area (TPSA) is 63.1 Å². The molecular formula is C15H23N3O. The average Bonchev–Trinajstić information content (AvgIpc) is 2.85. The lowest BCUT2D eigenvalue weighted by Crippen LogP contribution is -2.34. The van der Waals surface area contributed by atoms with E-state index in [1.807, 2.05) is 6.07 Å². The molecule has 2 rings (SSSR count). The second-order valence-corrected chi connectivity index (χ2v) is 4.78. The van der Waals surface area contributed by atoms with E-state index < -0.39 is 0 Å². The molecule has 2 aromatic rings. The van der Waals surface area contributed by atoms with Crippen LogP contribution in [0.2, 0.25) is 0 Å². The predicted molar refractivity (Wildman–Crippen MR) is 79.7 cm³/mol. The van der Waals surface area contributed by atoms with Gasteiger partial charge in [-0.1, -0.05) is 6.92 Å². The first-order valence-corrected chi connectivity index (χ1v) is 6.86. The van der Waals surface area contributed by atoms with Crippen LogP contribution in [0.25, 0.3) is 10.9 Å². The van der Waals surface area contributed by atoms with Gasteiger partial charge in [-0.3, -0.25) is 0 Å². The molecule has 1 aromatic heterocycles. The van der Waals surface area contributed by atoms with E-state index in [1.54, 1.807) is 7.11 Å². The summed E-state index contributed by atoms with van der Waals surface area (Å²) in [6.45, 7) is 3.74. The maximum absolute atomic E-state index is 5.55. The van der Waals surface area contributed by atoms with E-state index >= 15 is 0 Å². The molecule has 0 bridgehead atoms. The van der Waals surface area contributed by atoms with Gasteiger partial charge in [0.05, 0.1) is 7.11 Å². The third-order valence-electron chi connectivity index (χ3n) is 3.51. The van der Waals surface area contributed by atoms with E-state index in [-0.39, 0.29) is 0 Å². The van der Waals surface area contributed by atoms with Gasteiger partial charge in [0.2, 0.25) is 0 Å². The van der Waals surface area contributed by atoms with Crippen LogP contribution in [0.15, 0.2) is 24.4 Å². The number of benzene rings is 1. The summed E-state index contributed by atoms with van der Waals surface area (Å²) in [6, 6.07) is 6.60. The Kier molecular flexibility index (Phi) is 4.82. The lowest BCUT2D eigenvalue weighted by atomic mass is 10.0. The number of rotatable bonds is 7. The molecular weight excluding hydrogens is 238 g/mol. The van der Waals surface area contributed by atoms with Gasteiger partial charge in [-0.15, -0.1) is 0 Å². The molecule has 4 nitrogen and oxygen atoms in total. The predicted octanol–water partition coefficient (Wildman–Crippen LogP) is 2.05. The van der Waals surface area contributed by atoms with Crippen LogP contribution >= 0.6 is 0 Å². The van der Waals surface area contributed by atoms with Crippen molar-refractivity contribution in [1.29, 1.82) is 0 Å². The Hall–Kier alpha value is -1.52. The van der Waals surface area contributed by atoms with Crippen LogP contribution in [0.5, 0.6) is 5.75 Å². The number of aromatic nitrogens is 1. The van der Waals surface area contributed by atoms with Gasteiger partial charge in [0.15, 0.2) is 0 Å². The van der Waals surface area contributed by atoms with Crippen molar-refractivity contribution in [2.24, 2.45) is 5.73 Å². The first-order chi connectivity index (χ1) is 9.28. The van der Waals surface area contributed by atoms with Gasteiger partial charge in [-0.2, -0.15) is 0 Å². The molecule has 0 aliphatic heterocycles. The zero-order valence-electron chi connectivity index (χ0n) is 11.7. The van der Waals surface area contributed by atoms with Crippen LogP contribution in [0.1, 0.15) is 18.9 Å². The van der Waals surface area contributed by atoms with Gasteiger partial charge in [-0.05, 0) is 36.6 Å². The molecule has 0 saturated carbocycles. The summed E-state index contributed by atoms with van der Waals surface area (Å²) < 4.78 is 5.30. The molecule has 1 unspecified atom stereocenters. The van der Waals surface area contributed by atoms with Crippen molar-refractivity contribution in [3.8, 4) is 5.75 Å². The minimum atomic E-state index is 0.466. The maximum Gasteiger partial charge on any atom is 0.119 e. The molecule has 19 heavy (non-hydrogen) atoms. The van der Waals surface area contributed by atoms with Crippen molar-refractivity contribution < 1.29 is 4.74 Å². The summed E-state index contributed by atoms with van der Waals surface area (Å²) in [7, 11) is 1.70. The second-order valence-electron chi connectivity index (χ2n) is 4.78. The van der Waals surface area contributed by atoms with Gasteiger partial charge in [0, 0.05) is 36.2 Å². The Morgan fingerprint density at radius 3 is 2.95 bits per heavy atom. The van der Waals surface area contributed by atoms with Crippen molar-refractivity contribution in [3.63, 3.8) is 0 Å². The highest BCUT2D eigenvalue weighted by atomic mass is 16.5. The smallest absolute Gasteiger partial charge is 0.119 e. The van der Waals surface area contributed by atoms with Crippen LogP contribution in [-0.4, -0.2) is 31.2 Å². The Labute approximate surface area is 114 Å². The van der Waals surface area contributed by atoms with E-state index in [1.165, 1.54) is 10.9 Å². The Morgan fingerprint density at radius 2 is 2.26 bits per heavy atom. The van der Waals surface area contributed by atoms with Crippen molar-refractivity contribution in [1.82, 2.24) is 10.3 Å². The summed E-state index contributed by atoms with van der Waals surface area (Å²) >= 11 is 0. The van der Waals surface area contributed by atoms with E-state index in [2.05, 4.69) is 35.6 Å². The molecule has 0 fully saturated rings. The molecule has 0 aliphatic rings. The Morgan fingerprint density at radius 1 is 1.42 bits per heavy atom. The maximum atomic E-state index is 5.55. The highest BCUT2D eigenvalue weighted by Gasteiger charge is 2.11. The van der Waals surface area contributed by atoms with E-state index in [0.717, 1.165) is 30.7 Å². The van der Waals surface area contributed by atoms with Crippen molar-refractivity contribution in [2.75, 3.05) is 20.2 Å². The molecule has 4 heteroatoms. The number of nitrogens with two attached hydrogens (primary N) is 1. The number of hydrogen-bond donors (Lipinski definition) is 3. The first kappa shape index (κ1) is 13.9.